The Morgan fingerprint density at radius 2 is 2.33 bits per heavy atom. The Kier molecular flexibility index (Phi) is 2.46. The molecule has 0 fully saturated rings. The Morgan fingerprint density at radius 3 is 3.06 bits per heavy atom. The molecule has 2 N–H and O–H groups in total. The molecule has 0 aliphatic heterocycles. The van der Waals surface area contributed by atoms with Crippen molar-refractivity contribution >= 4 is 28.3 Å². The third-order valence-electron chi connectivity index (χ3n) is 2.73. The molecule has 0 atom stereocenters. The molecule has 0 saturated carbocycles. The summed E-state index contributed by atoms with van der Waals surface area (Å²) < 4.78 is 1.89. The first-order valence-corrected chi connectivity index (χ1v) is 6.20. The van der Waals surface area contributed by atoms with Gasteiger partial charge in [0.05, 0.1) is 23.1 Å². The molecule has 0 radical (unpaired) electrons. The van der Waals surface area contributed by atoms with Gasteiger partial charge in [0.15, 0.2) is 0 Å². The summed E-state index contributed by atoms with van der Waals surface area (Å²) in [5, 5.41) is 9.04. The third kappa shape index (κ3) is 1.61. The summed E-state index contributed by atoms with van der Waals surface area (Å²) in [6, 6.07) is 7.63. The number of hydrogen-bond donors (Lipinski definition) is 1. The molecule has 18 heavy (non-hydrogen) atoms. The van der Waals surface area contributed by atoms with Crippen molar-refractivity contribution in [1.29, 1.82) is 5.26 Å². The van der Waals surface area contributed by atoms with Crippen LogP contribution in [0.5, 0.6) is 0 Å². The lowest BCUT2D eigenvalue weighted by Gasteiger charge is -2.03. The lowest BCUT2D eigenvalue weighted by Crippen LogP contribution is -2.03. The van der Waals surface area contributed by atoms with Gasteiger partial charge in [-0.3, -0.25) is 4.98 Å². The predicted octanol–water partition coefficient (Wildman–Crippen LogP) is 1.99. The molecule has 88 valence electrons. The van der Waals surface area contributed by atoms with Gasteiger partial charge in [-0.15, -0.1) is 11.3 Å². The maximum atomic E-state index is 9.04. The summed E-state index contributed by atoms with van der Waals surface area (Å²) >= 11 is 1.57. The molecule has 0 spiro atoms. The first kappa shape index (κ1) is 10.7. The summed E-state index contributed by atoms with van der Waals surface area (Å²) in [5.74, 6) is 0.418. The van der Waals surface area contributed by atoms with E-state index in [2.05, 4.69) is 16.0 Å². The first-order chi connectivity index (χ1) is 8.79. The van der Waals surface area contributed by atoms with Crippen LogP contribution in [0.15, 0.2) is 29.9 Å². The van der Waals surface area contributed by atoms with Gasteiger partial charge >= 0.3 is 0 Å². The summed E-state index contributed by atoms with van der Waals surface area (Å²) in [6.45, 7) is 0.627. The van der Waals surface area contributed by atoms with E-state index in [1.54, 1.807) is 22.9 Å². The molecular weight excluding hydrogens is 246 g/mol. The Labute approximate surface area is 107 Å². The molecule has 3 rings (SSSR count). The Morgan fingerprint density at radius 1 is 1.44 bits per heavy atom. The van der Waals surface area contributed by atoms with Crippen LogP contribution in [0.3, 0.4) is 0 Å². The van der Waals surface area contributed by atoms with Crippen molar-refractivity contribution in [2.45, 2.75) is 6.54 Å². The fourth-order valence-electron chi connectivity index (χ4n) is 1.90. The number of nitrogens with zero attached hydrogens (tertiary/aromatic N) is 4. The summed E-state index contributed by atoms with van der Waals surface area (Å²) in [5.41, 5.74) is 9.78. The normalized spacial score (nSPS) is 10.6. The van der Waals surface area contributed by atoms with Gasteiger partial charge in [-0.1, -0.05) is 6.07 Å². The summed E-state index contributed by atoms with van der Waals surface area (Å²) in [6.07, 6.45) is 1.81. The molecule has 0 bridgehead atoms. The molecule has 0 saturated heterocycles. The van der Waals surface area contributed by atoms with Crippen LogP contribution >= 0.6 is 11.3 Å². The van der Waals surface area contributed by atoms with Crippen LogP contribution in [-0.4, -0.2) is 14.5 Å². The topological polar surface area (TPSA) is 80.5 Å². The quantitative estimate of drug-likeness (QED) is 0.759. The molecule has 3 aromatic rings. The lowest BCUT2D eigenvalue weighted by molar-refractivity contribution is 0.850. The van der Waals surface area contributed by atoms with Gasteiger partial charge in [0.2, 0.25) is 5.95 Å². The highest BCUT2D eigenvalue weighted by molar-refractivity contribution is 7.09. The van der Waals surface area contributed by atoms with Crippen molar-refractivity contribution in [2.75, 3.05) is 5.73 Å². The number of nitriles is 1. The highest BCUT2D eigenvalue weighted by Crippen LogP contribution is 2.22. The van der Waals surface area contributed by atoms with Gasteiger partial charge in [-0.2, -0.15) is 5.26 Å². The molecule has 2 aromatic heterocycles. The number of nitrogen functional groups attached to an aromatic ring is 1. The zero-order valence-corrected chi connectivity index (χ0v) is 10.2. The molecule has 0 unspecified atom stereocenters. The molecule has 2 heterocycles. The van der Waals surface area contributed by atoms with Crippen LogP contribution in [0, 0.1) is 11.3 Å². The standard InChI is InChI=1S/C12H9N5S/c13-4-8-2-1-3-10-11(8)16-12(14)17(10)6-9-5-15-7-18-9/h1-3,5,7H,6H2,(H2,14,16). The number of thiazole rings is 1. The zero-order valence-electron chi connectivity index (χ0n) is 9.37. The number of fused-ring (bicyclic) bond motifs is 1. The number of hydrogen-bond acceptors (Lipinski definition) is 5. The first-order valence-electron chi connectivity index (χ1n) is 5.32. The Bertz CT molecular complexity index is 736. The molecule has 6 heteroatoms. The van der Waals surface area contributed by atoms with Crippen LogP contribution in [0.2, 0.25) is 0 Å². The SMILES string of the molecule is N#Cc1cccc2c1nc(N)n2Cc1cncs1. The molecule has 0 amide bonds. The lowest BCUT2D eigenvalue weighted by atomic mass is 10.2. The van der Waals surface area contributed by atoms with E-state index < -0.39 is 0 Å². The Balaban J connectivity index is 2.18. The smallest absolute Gasteiger partial charge is 0.201 e. The summed E-state index contributed by atoms with van der Waals surface area (Å²) in [7, 11) is 0. The molecule has 5 nitrogen and oxygen atoms in total. The van der Waals surface area contributed by atoms with Crippen LogP contribution in [-0.2, 0) is 6.54 Å². The largest absolute Gasteiger partial charge is 0.369 e. The fraction of sp³-hybridized carbons (Fsp3) is 0.0833. The van der Waals surface area contributed by atoms with Crippen molar-refractivity contribution < 1.29 is 0 Å². The van der Waals surface area contributed by atoms with E-state index in [1.165, 1.54) is 0 Å². The van der Waals surface area contributed by atoms with Gasteiger partial charge in [0, 0.05) is 11.1 Å². The maximum Gasteiger partial charge on any atom is 0.201 e. The second-order valence-corrected chi connectivity index (χ2v) is 4.78. The highest BCUT2D eigenvalue weighted by Gasteiger charge is 2.11. The van der Waals surface area contributed by atoms with Crippen LogP contribution in [0.4, 0.5) is 5.95 Å². The van der Waals surface area contributed by atoms with E-state index in [4.69, 9.17) is 11.0 Å². The van der Waals surface area contributed by atoms with Crippen LogP contribution < -0.4 is 5.73 Å². The van der Waals surface area contributed by atoms with E-state index in [-0.39, 0.29) is 0 Å². The number of para-hydroxylation sites is 1. The molecular formula is C12H9N5S. The van der Waals surface area contributed by atoms with Gasteiger partial charge in [-0.05, 0) is 12.1 Å². The van der Waals surface area contributed by atoms with Crippen molar-refractivity contribution in [3.05, 3.63) is 40.3 Å². The molecule has 1 aromatic carbocycles. The van der Waals surface area contributed by atoms with E-state index in [1.807, 2.05) is 22.9 Å². The van der Waals surface area contributed by atoms with Crippen molar-refractivity contribution in [1.82, 2.24) is 14.5 Å². The predicted molar refractivity (Wildman–Crippen MR) is 70.1 cm³/mol. The zero-order chi connectivity index (χ0) is 12.5. The number of nitrogens with two attached hydrogens (primary N) is 1. The van der Waals surface area contributed by atoms with Crippen LogP contribution in [0.1, 0.15) is 10.4 Å². The number of rotatable bonds is 2. The summed E-state index contributed by atoms with van der Waals surface area (Å²) in [4.78, 5) is 9.41. The van der Waals surface area contributed by atoms with Crippen molar-refractivity contribution in [3.8, 4) is 6.07 Å². The minimum absolute atomic E-state index is 0.418. The average Bonchev–Trinajstić information content (AvgIpc) is 2.99. The second kappa shape index (κ2) is 4.13. The van der Waals surface area contributed by atoms with Gasteiger partial charge in [0.1, 0.15) is 11.6 Å². The van der Waals surface area contributed by atoms with E-state index >= 15 is 0 Å². The molecule has 0 aliphatic carbocycles. The van der Waals surface area contributed by atoms with E-state index in [0.29, 0.717) is 23.6 Å². The average molecular weight is 255 g/mol. The highest BCUT2D eigenvalue weighted by atomic mass is 32.1. The van der Waals surface area contributed by atoms with E-state index in [0.717, 1.165) is 10.4 Å². The van der Waals surface area contributed by atoms with Crippen molar-refractivity contribution in [3.63, 3.8) is 0 Å². The number of imidazole rings is 1. The van der Waals surface area contributed by atoms with E-state index in [9.17, 15) is 0 Å². The van der Waals surface area contributed by atoms with Gasteiger partial charge in [0.25, 0.3) is 0 Å². The minimum Gasteiger partial charge on any atom is -0.369 e. The molecule has 0 aliphatic rings. The van der Waals surface area contributed by atoms with Crippen LogP contribution in [0.25, 0.3) is 11.0 Å². The maximum absolute atomic E-state index is 9.04. The number of aromatic nitrogens is 3. The van der Waals surface area contributed by atoms with Crippen molar-refractivity contribution in [2.24, 2.45) is 0 Å². The number of benzene rings is 1. The fourth-order valence-corrected chi connectivity index (χ4v) is 2.48. The number of anilines is 1. The Hall–Kier alpha value is -2.39. The second-order valence-electron chi connectivity index (χ2n) is 3.81. The third-order valence-corrected chi connectivity index (χ3v) is 3.49. The monoisotopic (exact) mass is 255 g/mol. The van der Waals surface area contributed by atoms with Gasteiger partial charge < -0.3 is 10.3 Å². The minimum atomic E-state index is 0.418. The van der Waals surface area contributed by atoms with Gasteiger partial charge in [-0.25, -0.2) is 4.98 Å².